The lowest BCUT2D eigenvalue weighted by Gasteiger charge is -2.03. The maximum atomic E-state index is 5.46. The van der Waals surface area contributed by atoms with Gasteiger partial charge in [0, 0.05) is 4.70 Å². The molecule has 0 saturated heterocycles. The maximum absolute atomic E-state index is 5.46. The van der Waals surface area contributed by atoms with Crippen LogP contribution in [-0.4, -0.2) is 19.6 Å². The van der Waals surface area contributed by atoms with Crippen molar-refractivity contribution in [2.45, 2.75) is 19.3 Å². The molecule has 2 aromatic rings. The highest BCUT2D eigenvalue weighted by atomic mass is 32.1. The van der Waals surface area contributed by atoms with Crippen molar-refractivity contribution in [1.29, 1.82) is 0 Å². The number of thiophene rings is 1. The molecule has 0 bridgehead atoms. The molecule has 3 heteroatoms. The Hall–Kier alpha value is -0.900. The normalized spacial score (nSPS) is 11.1. The second-order valence-corrected chi connectivity index (χ2v) is 5.16. The van der Waals surface area contributed by atoms with Crippen LogP contribution in [0.4, 0.5) is 0 Å². The number of rotatable bonds is 7. The van der Waals surface area contributed by atoms with Gasteiger partial charge in [0.15, 0.2) is 0 Å². The zero-order chi connectivity index (χ0) is 11.9. The van der Waals surface area contributed by atoms with E-state index in [-0.39, 0.29) is 0 Å². The van der Waals surface area contributed by atoms with Crippen LogP contribution in [0.3, 0.4) is 0 Å². The van der Waals surface area contributed by atoms with E-state index in [2.05, 4.69) is 35.0 Å². The highest BCUT2D eigenvalue weighted by Gasteiger charge is 2.02. The molecule has 0 radical (unpaired) electrons. The molecule has 0 spiro atoms. The fraction of sp³-hybridized carbons (Fsp3) is 0.429. The summed E-state index contributed by atoms with van der Waals surface area (Å²) < 4.78 is 1.39. The van der Waals surface area contributed by atoms with Crippen LogP contribution in [0.2, 0.25) is 0 Å². The van der Waals surface area contributed by atoms with Gasteiger partial charge in [-0.25, -0.2) is 0 Å². The van der Waals surface area contributed by atoms with Crippen molar-refractivity contribution < 1.29 is 0 Å². The van der Waals surface area contributed by atoms with Crippen molar-refractivity contribution >= 4 is 21.4 Å². The molecule has 0 fully saturated rings. The van der Waals surface area contributed by atoms with E-state index in [0.29, 0.717) is 0 Å². The van der Waals surface area contributed by atoms with Crippen LogP contribution >= 0.6 is 11.3 Å². The number of nitrogens with two attached hydrogens (primary N) is 1. The zero-order valence-electron chi connectivity index (χ0n) is 10.1. The molecule has 1 aromatic heterocycles. The highest BCUT2D eigenvalue weighted by Crippen LogP contribution is 2.25. The van der Waals surface area contributed by atoms with E-state index >= 15 is 0 Å². The lowest BCUT2D eigenvalue weighted by atomic mass is 10.1. The third-order valence-corrected chi connectivity index (χ3v) is 3.95. The molecule has 3 N–H and O–H groups in total. The average Bonchev–Trinajstić information content (AvgIpc) is 2.77. The minimum absolute atomic E-state index is 0.802. The van der Waals surface area contributed by atoms with Crippen molar-refractivity contribution in [3.05, 3.63) is 35.2 Å². The third kappa shape index (κ3) is 3.53. The third-order valence-electron chi connectivity index (χ3n) is 2.94. The van der Waals surface area contributed by atoms with Gasteiger partial charge in [-0.1, -0.05) is 18.2 Å². The predicted molar refractivity (Wildman–Crippen MR) is 76.7 cm³/mol. The smallest absolute Gasteiger partial charge is 0.0345 e. The molecular weight excluding hydrogens is 228 g/mol. The van der Waals surface area contributed by atoms with Gasteiger partial charge in [-0.3, -0.25) is 0 Å². The van der Waals surface area contributed by atoms with Gasteiger partial charge in [-0.2, -0.15) is 0 Å². The van der Waals surface area contributed by atoms with Gasteiger partial charge in [-0.05, 0) is 61.3 Å². The fourth-order valence-corrected chi connectivity index (χ4v) is 2.97. The SMILES string of the molecule is NCCCCNCCc1csc2ccccc12. The first-order valence-electron chi connectivity index (χ1n) is 6.27. The average molecular weight is 248 g/mol. The minimum atomic E-state index is 0.802. The Labute approximate surface area is 107 Å². The second kappa shape index (κ2) is 6.74. The quantitative estimate of drug-likeness (QED) is 0.739. The van der Waals surface area contributed by atoms with Crippen molar-refractivity contribution in [3.8, 4) is 0 Å². The van der Waals surface area contributed by atoms with Crippen molar-refractivity contribution in [1.82, 2.24) is 5.32 Å². The molecule has 0 unspecified atom stereocenters. The minimum Gasteiger partial charge on any atom is -0.330 e. The van der Waals surface area contributed by atoms with Crippen LogP contribution in [-0.2, 0) is 6.42 Å². The second-order valence-electron chi connectivity index (χ2n) is 4.25. The molecule has 92 valence electrons. The van der Waals surface area contributed by atoms with E-state index in [4.69, 9.17) is 5.73 Å². The van der Waals surface area contributed by atoms with E-state index in [1.807, 2.05) is 11.3 Å². The molecule has 0 atom stereocenters. The van der Waals surface area contributed by atoms with Gasteiger partial charge in [0.2, 0.25) is 0 Å². The van der Waals surface area contributed by atoms with Crippen molar-refractivity contribution in [3.63, 3.8) is 0 Å². The van der Waals surface area contributed by atoms with Gasteiger partial charge in [0.05, 0.1) is 0 Å². The predicted octanol–water partition coefficient (Wildman–Crippen LogP) is 2.77. The molecule has 0 saturated carbocycles. The summed E-state index contributed by atoms with van der Waals surface area (Å²) in [6, 6.07) is 8.63. The Balaban J connectivity index is 1.79. The monoisotopic (exact) mass is 248 g/mol. The molecule has 0 aliphatic rings. The van der Waals surface area contributed by atoms with Gasteiger partial charge >= 0.3 is 0 Å². The van der Waals surface area contributed by atoms with Crippen LogP contribution in [0, 0.1) is 0 Å². The summed E-state index contributed by atoms with van der Waals surface area (Å²) >= 11 is 1.84. The standard InChI is InChI=1S/C14H20N2S/c15-8-3-4-9-16-10-7-12-11-17-14-6-2-1-5-13(12)14/h1-2,5-6,11,16H,3-4,7-10,15H2. The summed E-state index contributed by atoms with van der Waals surface area (Å²) in [6.07, 6.45) is 3.42. The van der Waals surface area contributed by atoms with E-state index in [9.17, 15) is 0 Å². The Bertz CT molecular complexity index is 450. The van der Waals surface area contributed by atoms with Crippen molar-refractivity contribution in [2.75, 3.05) is 19.6 Å². The maximum Gasteiger partial charge on any atom is 0.0345 e. The number of benzene rings is 1. The van der Waals surface area contributed by atoms with E-state index < -0.39 is 0 Å². The Morgan fingerprint density at radius 2 is 2.00 bits per heavy atom. The molecule has 1 aromatic carbocycles. The van der Waals surface area contributed by atoms with Crippen molar-refractivity contribution in [2.24, 2.45) is 5.73 Å². The number of nitrogens with one attached hydrogen (secondary N) is 1. The molecule has 2 nitrogen and oxygen atoms in total. The Morgan fingerprint density at radius 3 is 2.88 bits per heavy atom. The highest BCUT2D eigenvalue weighted by molar-refractivity contribution is 7.17. The molecule has 0 aliphatic heterocycles. The van der Waals surface area contributed by atoms with E-state index in [1.54, 1.807) is 0 Å². The van der Waals surface area contributed by atoms with Crippen LogP contribution in [0.25, 0.3) is 10.1 Å². The molecule has 2 rings (SSSR count). The summed E-state index contributed by atoms with van der Waals surface area (Å²) in [5.74, 6) is 0. The van der Waals surface area contributed by atoms with Crippen LogP contribution in [0.5, 0.6) is 0 Å². The summed E-state index contributed by atoms with van der Waals surface area (Å²) in [5, 5.41) is 7.17. The lowest BCUT2D eigenvalue weighted by molar-refractivity contribution is 0.628. The van der Waals surface area contributed by atoms with E-state index in [0.717, 1.165) is 32.5 Å². The van der Waals surface area contributed by atoms with Gasteiger partial charge in [0.1, 0.15) is 0 Å². The molecule has 17 heavy (non-hydrogen) atoms. The van der Waals surface area contributed by atoms with Crippen LogP contribution < -0.4 is 11.1 Å². The largest absolute Gasteiger partial charge is 0.330 e. The zero-order valence-corrected chi connectivity index (χ0v) is 10.9. The number of hydrogen-bond donors (Lipinski definition) is 2. The number of hydrogen-bond acceptors (Lipinski definition) is 3. The number of unbranched alkanes of at least 4 members (excludes halogenated alkanes) is 1. The topological polar surface area (TPSA) is 38.0 Å². The summed E-state index contributed by atoms with van der Waals surface area (Å²) in [6.45, 7) is 2.95. The first kappa shape index (κ1) is 12.6. The number of fused-ring (bicyclic) bond motifs is 1. The van der Waals surface area contributed by atoms with E-state index in [1.165, 1.54) is 22.1 Å². The van der Waals surface area contributed by atoms with Gasteiger partial charge < -0.3 is 11.1 Å². The molecule has 0 aliphatic carbocycles. The van der Waals surface area contributed by atoms with Crippen LogP contribution in [0.15, 0.2) is 29.6 Å². The van der Waals surface area contributed by atoms with Crippen LogP contribution in [0.1, 0.15) is 18.4 Å². The lowest BCUT2D eigenvalue weighted by Crippen LogP contribution is -2.19. The molecular formula is C14H20N2S. The van der Waals surface area contributed by atoms with Gasteiger partial charge in [-0.15, -0.1) is 11.3 Å². The van der Waals surface area contributed by atoms with Gasteiger partial charge in [0.25, 0.3) is 0 Å². The summed E-state index contributed by atoms with van der Waals surface area (Å²) in [7, 11) is 0. The fourth-order valence-electron chi connectivity index (χ4n) is 1.97. The summed E-state index contributed by atoms with van der Waals surface area (Å²) in [5.41, 5.74) is 6.93. The molecule has 0 amide bonds. The Kier molecular flexibility index (Phi) is 4.98. The first-order valence-corrected chi connectivity index (χ1v) is 7.15. The first-order chi connectivity index (χ1) is 8.42. The summed E-state index contributed by atoms with van der Waals surface area (Å²) in [4.78, 5) is 0. The molecule has 1 heterocycles. The Morgan fingerprint density at radius 1 is 1.12 bits per heavy atom.